The number of benzene rings is 5. The van der Waals surface area contributed by atoms with E-state index in [0.717, 1.165) is 37.6 Å². The molecule has 2 fully saturated rings. The van der Waals surface area contributed by atoms with Crippen LogP contribution in [0.2, 0.25) is 0 Å². The van der Waals surface area contributed by atoms with Crippen LogP contribution in [0.5, 0.6) is 0 Å². The number of hydrogen-bond acceptors (Lipinski definition) is 4. The molecule has 0 radical (unpaired) electrons. The van der Waals surface area contributed by atoms with Crippen molar-refractivity contribution in [2.24, 2.45) is 0 Å². The topological polar surface area (TPSA) is 84.5 Å². The molecule has 2 saturated heterocycles. The normalized spacial score (nSPS) is 16.0. The Balaban J connectivity index is 1.60. The summed E-state index contributed by atoms with van der Waals surface area (Å²) in [5, 5.41) is 0. The zero-order valence-electron chi connectivity index (χ0n) is 27.9. The fourth-order valence-corrected chi connectivity index (χ4v) is 6.39. The first-order chi connectivity index (χ1) is 23.5. The lowest BCUT2D eigenvalue weighted by Gasteiger charge is -2.54. The third-order valence-corrected chi connectivity index (χ3v) is 9.03. The van der Waals surface area contributed by atoms with Crippen molar-refractivity contribution in [1.29, 1.82) is 0 Å². The molecule has 1 spiro atoms. The van der Waals surface area contributed by atoms with Gasteiger partial charge in [0.05, 0.1) is 28.4 Å². The van der Waals surface area contributed by atoms with Crippen LogP contribution in [-0.2, 0) is 4.79 Å². The van der Waals surface area contributed by atoms with Gasteiger partial charge in [0.25, 0.3) is 5.79 Å². The lowest BCUT2D eigenvalue weighted by molar-refractivity contribution is -0.121. The van der Waals surface area contributed by atoms with Gasteiger partial charge in [-0.3, -0.25) is 4.79 Å². The molecular formula is C40H35N5O4. The van der Waals surface area contributed by atoms with Gasteiger partial charge in [0.1, 0.15) is 0 Å². The Kier molecular flexibility index (Phi) is 7.55. The van der Waals surface area contributed by atoms with E-state index in [0.29, 0.717) is 28.4 Å². The van der Waals surface area contributed by atoms with Crippen LogP contribution in [0.4, 0.5) is 42.8 Å². The minimum atomic E-state index is -2.34. The molecule has 244 valence electrons. The second-order valence-electron chi connectivity index (χ2n) is 12.6. The SMILES string of the molecule is Cc1ccc(N2C(=O)N(c3ccc(C)cc3)C3(C(=O)N(c4ccc(C)cc4)C(=O)N3c3ccc(C)cc3)N(c3ccc(C)cc3)C2=O)cc1. The Bertz CT molecular complexity index is 2030. The second kappa shape index (κ2) is 11.8. The van der Waals surface area contributed by atoms with Crippen LogP contribution < -0.4 is 24.5 Å². The maximum absolute atomic E-state index is 15.6. The average molecular weight is 650 g/mol. The first kappa shape index (κ1) is 31.4. The summed E-state index contributed by atoms with van der Waals surface area (Å²) in [5.41, 5.74) is 6.26. The number of urea groups is 3. The van der Waals surface area contributed by atoms with Crippen molar-refractivity contribution in [2.45, 2.75) is 40.4 Å². The number of rotatable bonds is 5. The summed E-state index contributed by atoms with van der Waals surface area (Å²) < 4.78 is 0. The minimum absolute atomic E-state index is 0.308. The Morgan fingerprint density at radius 3 is 0.837 bits per heavy atom. The van der Waals surface area contributed by atoms with Gasteiger partial charge in [-0.1, -0.05) is 88.5 Å². The molecule has 2 aliphatic heterocycles. The molecule has 9 heteroatoms. The molecule has 5 aromatic rings. The number of imide groups is 2. The van der Waals surface area contributed by atoms with Crippen LogP contribution in [0.3, 0.4) is 0 Å². The number of anilines is 5. The second-order valence-corrected chi connectivity index (χ2v) is 12.6. The van der Waals surface area contributed by atoms with Crippen molar-refractivity contribution in [2.75, 3.05) is 24.5 Å². The van der Waals surface area contributed by atoms with Gasteiger partial charge < -0.3 is 0 Å². The highest BCUT2D eigenvalue weighted by Gasteiger charge is 2.72. The summed E-state index contributed by atoms with van der Waals surface area (Å²) in [7, 11) is 0. The maximum Gasteiger partial charge on any atom is 0.341 e. The van der Waals surface area contributed by atoms with Crippen molar-refractivity contribution in [3.05, 3.63) is 149 Å². The molecule has 0 aromatic heterocycles. The highest BCUT2D eigenvalue weighted by atomic mass is 16.2. The number of carbonyl (C=O) groups excluding carboxylic acids is 4. The fraction of sp³-hybridized carbons (Fsp3) is 0.150. The van der Waals surface area contributed by atoms with Gasteiger partial charge in [0.2, 0.25) is 0 Å². The number of carbonyl (C=O) groups is 4. The van der Waals surface area contributed by atoms with Crippen LogP contribution in [0.1, 0.15) is 27.8 Å². The smallest absolute Gasteiger partial charge is 0.267 e. The van der Waals surface area contributed by atoms with E-state index in [9.17, 15) is 4.79 Å². The number of hydrogen-bond donors (Lipinski definition) is 0. The molecule has 5 aromatic carbocycles. The van der Waals surface area contributed by atoms with Crippen LogP contribution in [0.25, 0.3) is 0 Å². The van der Waals surface area contributed by atoms with Gasteiger partial charge in [-0.15, -0.1) is 0 Å². The highest BCUT2D eigenvalue weighted by Crippen LogP contribution is 2.48. The number of amides is 7. The van der Waals surface area contributed by atoms with Gasteiger partial charge in [0, 0.05) is 0 Å². The first-order valence-corrected chi connectivity index (χ1v) is 16.0. The summed E-state index contributed by atoms with van der Waals surface area (Å²) in [4.78, 5) is 66.8. The van der Waals surface area contributed by atoms with Crippen molar-refractivity contribution in [1.82, 2.24) is 0 Å². The monoisotopic (exact) mass is 649 g/mol. The number of aryl methyl sites for hydroxylation is 5. The predicted octanol–water partition coefficient (Wildman–Crippen LogP) is 8.63. The summed E-state index contributed by atoms with van der Waals surface area (Å²) in [6.07, 6.45) is 0. The first-order valence-electron chi connectivity index (χ1n) is 16.0. The van der Waals surface area contributed by atoms with E-state index in [1.165, 1.54) is 14.7 Å². The largest absolute Gasteiger partial charge is 0.341 e. The molecule has 2 heterocycles. The van der Waals surface area contributed by atoms with E-state index in [-0.39, 0.29) is 0 Å². The molecule has 7 rings (SSSR count). The van der Waals surface area contributed by atoms with Gasteiger partial charge in [-0.25, -0.2) is 38.9 Å². The van der Waals surface area contributed by atoms with E-state index in [4.69, 9.17) is 0 Å². The zero-order chi connectivity index (χ0) is 34.6. The molecule has 0 aliphatic carbocycles. The third-order valence-electron chi connectivity index (χ3n) is 9.03. The van der Waals surface area contributed by atoms with E-state index < -0.39 is 29.8 Å². The quantitative estimate of drug-likeness (QED) is 0.179. The van der Waals surface area contributed by atoms with E-state index in [1.54, 1.807) is 60.7 Å². The van der Waals surface area contributed by atoms with Gasteiger partial charge in [-0.2, -0.15) is 0 Å². The Labute approximate surface area is 285 Å². The molecule has 9 nitrogen and oxygen atoms in total. The van der Waals surface area contributed by atoms with Crippen molar-refractivity contribution >= 4 is 52.4 Å². The van der Waals surface area contributed by atoms with Gasteiger partial charge >= 0.3 is 24.0 Å². The molecular weight excluding hydrogens is 614 g/mol. The molecule has 0 saturated carbocycles. The van der Waals surface area contributed by atoms with Crippen LogP contribution in [0.15, 0.2) is 121 Å². The lowest BCUT2D eigenvalue weighted by Crippen LogP contribution is -2.82. The Hall–Kier alpha value is -6.22. The molecule has 49 heavy (non-hydrogen) atoms. The predicted molar refractivity (Wildman–Crippen MR) is 192 cm³/mol. The maximum atomic E-state index is 15.6. The van der Waals surface area contributed by atoms with Crippen LogP contribution in [-0.4, -0.2) is 29.8 Å². The van der Waals surface area contributed by atoms with Crippen LogP contribution >= 0.6 is 0 Å². The molecule has 0 atom stereocenters. The van der Waals surface area contributed by atoms with E-state index in [2.05, 4.69) is 0 Å². The van der Waals surface area contributed by atoms with E-state index in [1.807, 2.05) is 95.3 Å². The molecule has 0 N–H and O–H groups in total. The molecule has 0 bridgehead atoms. The molecule has 0 unspecified atom stereocenters. The molecule has 7 amide bonds. The van der Waals surface area contributed by atoms with Crippen molar-refractivity contribution in [3.63, 3.8) is 0 Å². The van der Waals surface area contributed by atoms with Gasteiger partial charge in [0.15, 0.2) is 0 Å². The van der Waals surface area contributed by atoms with Crippen LogP contribution in [0, 0.1) is 34.6 Å². The van der Waals surface area contributed by atoms with Crippen molar-refractivity contribution in [3.8, 4) is 0 Å². The third kappa shape index (κ3) is 4.93. The van der Waals surface area contributed by atoms with E-state index >= 15 is 14.4 Å². The fourth-order valence-electron chi connectivity index (χ4n) is 6.39. The zero-order valence-corrected chi connectivity index (χ0v) is 27.9. The number of nitrogens with zero attached hydrogens (tertiary/aromatic N) is 5. The highest BCUT2D eigenvalue weighted by molar-refractivity contribution is 6.40. The molecule has 2 aliphatic rings. The Morgan fingerprint density at radius 1 is 0.327 bits per heavy atom. The average Bonchev–Trinajstić information content (AvgIpc) is 3.30. The summed E-state index contributed by atoms with van der Waals surface area (Å²) in [5.74, 6) is -3.12. The standard InChI is InChI=1S/C40H35N5O4/c1-26-6-16-31(17-7-26)41-36(46)40(43(37(41)47)33-20-10-28(3)11-21-33)44(34-22-12-29(4)13-23-34)38(48)42(32-18-8-27(2)9-19-32)39(49)45(40)35-24-14-30(5)15-25-35/h6-25H,1-5H3. The Morgan fingerprint density at radius 2 is 0.551 bits per heavy atom. The van der Waals surface area contributed by atoms with Crippen molar-refractivity contribution < 1.29 is 19.2 Å². The lowest BCUT2D eigenvalue weighted by atomic mass is 10.0. The minimum Gasteiger partial charge on any atom is -0.267 e. The summed E-state index contributed by atoms with van der Waals surface area (Å²) in [6, 6.07) is 33.1. The van der Waals surface area contributed by atoms with Gasteiger partial charge in [-0.05, 0) is 95.3 Å². The summed E-state index contributed by atoms with van der Waals surface area (Å²) in [6.45, 7) is 9.58. The summed E-state index contributed by atoms with van der Waals surface area (Å²) >= 11 is 0.